The van der Waals surface area contributed by atoms with Crippen molar-refractivity contribution in [2.75, 3.05) is 13.3 Å². The van der Waals surface area contributed by atoms with Gasteiger partial charge in [-0.15, -0.1) is 11.8 Å². The minimum atomic E-state index is -5.50. The molecule has 0 fully saturated rings. The van der Waals surface area contributed by atoms with Gasteiger partial charge in [-0.1, -0.05) is 6.07 Å². The molecule has 0 saturated carbocycles. The van der Waals surface area contributed by atoms with Crippen LogP contribution in [0.5, 0.6) is 11.5 Å². The number of thioether (sulfide) groups is 1. The summed E-state index contributed by atoms with van der Waals surface area (Å²) in [6, 6.07) is 9.69. The van der Waals surface area contributed by atoms with Crippen LogP contribution in [-0.4, -0.2) is 43.3 Å². The summed E-state index contributed by atoms with van der Waals surface area (Å²) in [5.41, 5.74) is -3.88. The van der Waals surface area contributed by atoms with Gasteiger partial charge in [0.15, 0.2) is 0 Å². The number of carbonyl (C=O) groups is 1. The predicted octanol–water partition coefficient (Wildman–Crippen LogP) is 4.56. The van der Waals surface area contributed by atoms with Crippen molar-refractivity contribution in [1.82, 2.24) is 9.62 Å². The highest BCUT2D eigenvalue weighted by Gasteiger charge is 2.45. The van der Waals surface area contributed by atoms with Gasteiger partial charge in [-0.3, -0.25) is 0 Å². The molecule has 2 rings (SSSR count). The highest BCUT2D eigenvalue weighted by Crippen LogP contribution is 2.31. The molecule has 0 aromatic heterocycles. The molecule has 170 valence electrons. The summed E-state index contributed by atoms with van der Waals surface area (Å²) in [6.07, 6.45) is 0.725. The largest absolute Gasteiger partial charge is 0.511 e. The molecule has 0 bridgehead atoms. The molecule has 0 spiro atoms. The van der Waals surface area contributed by atoms with Crippen molar-refractivity contribution in [2.24, 2.45) is 0 Å². The Morgan fingerprint density at radius 1 is 1.23 bits per heavy atom. The quantitative estimate of drug-likeness (QED) is 0.540. The van der Waals surface area contributed by atoms with Gasteiger partial charge in [0.1, 0.15) is 11.5 Å². The molecule has 0 radical (unpaired) electrons. The highest BCUT2D eigenvalue weighted by atomic mass is 32.2. The SMILES string of the molecule is CSc1ccc(Oc2ccc(CNS(=O)(=O)C(F)(F)F)cc2CN(C)C(=O)O)cc1C. The maximum absolute atomic E-state index is 12.5. The molecule has 2 aromatic carbocycles. The molecule has 0 atom stereocenters. The van der Waals surface area contributed by atoms with Crippen molar-refractivity contribution < 1.29 is 36.2 Å². The molecule has 0 saturated heterocycles. The molecule has 0 heterocycles. The third-order valence-electron chi connectivity index (χ3n) is 4.22. The lowest BCUT2D eigenvalue weighted by atomic mass is 10.1. The first kappa shape index (κ1) is 24.8. The Morgan fingerprint density at radius 2 is 1.90 bits per heavy atom. The zero-order valence-corrected chi connectivity index (χ0v) is 18.5. The second kappa shape index (κ2) is 9.79. The summed E-state index contributed by atoms with van der Waals surface area (Å²) < 4.78 is 67.4. The van der Waals surface area contributed by atoms with Crippen molar-refractivity contribution in [1.29, 1.82) is 0 Å². The van der Waals surface area contributed by atoms with E-state index in [1.807, 2.05) is 25.3 Å². The van der Waals surface area contributed by atoms with Crippen LogP contribution in [-0.2, 0) is 23.1 Å². The maximum atomic E-state index is 12.5. The molecule has 0 unspecified atom stereocenters. The predicted molar refractivity (Wildman–Crippen MR) is 111 cm³/mol. The van der Waals surface area contributed by atoms with E-state index in [1.165, 1.54) is 30.0 Å². The van der Waals surface area contributed by atoms with Gasteiger partial charge in [0.2, 0.25) is 0 Å². The molecular weight excluding hydrogens is 457 g/mol. The first-order valence-corrected chi connectivity index (χ1v) is 11.5. The highest BCUT2D eigenvalue weighted by molar-refractivity contribution is 7.98. The lowest BCUT2D eigenvalue weighted by Gasteiger charge is -2.18. The molecule has 0 aliphatic heterocycles. The summed E-state index contributed by atoms with van der Waals surface area (Å²) in [5, 5.41) is 9.15. The molecule has 7 nitrogen and oxygen atoms in total. The number of hydrogen-bond acceptors (Lipinski definition) is 5. The summed E-state index contributed by atoms with van der Waals surface area (Å²) in [7, 11) is -4.18. The number of sulfonamides is 1. The van der Waals surface area contributed by atoms with Crippen LogP contribution in [0.1, 0.15) is 16.7 Å². The zero-order chi connectivity index (χ0) is 23.4. The molecule has 0 aliphatic carbocycles. The number of carboxylic acid groups (broad SMARTS) is 1. The van der Waals surface area contributed by atoms with Crippen LogP contribution in [0.2, 0.25) is 0 Å². The average molecular weight is 479 g/mol. The Morgan fingerprint density at radius 3 is 2.45 bits per heavy atom. The van der Waals surface area contributed by atoms with Crippen LogP contribution in [0.15, 0.2) is 41.3 Å². The number of nitrogens with one attached hydrogen (secondary N) is 1. The number of benzene rings is 2. The molecule has 2 aromatic rings. The third kappa shape index (κ3) is 6.52. The van der Waals surface area contributed by atoms with Crippen LogP contribution in [0, 0.1) is 6.92 Å². The third-order valence-corrected chi connectivity index (χ3v) is 6.26. The van der Waals surface area contributed by atoms with E-state index in [4.69, 9.17) is 9.84 Å². The lowest BCUT2D eigenvalue weighted by molar-refractivity contribution is -0.0448. The van der Waals surface area contributed by atoms with Gasteiger partial charge < -0.3 is 14.7 Å². The van der Waals surface area contributed by atoms with Gasteiger partial charge in [0, 0.05) is 24.1 Å². The van der Waals surface area contributed by atoms with E-state index in [0.29, 0.717) is 17.1 Å². The van der Waals surface area contributed by atoms with Gasteiger partial charge in [-0.25, -0.2) is 17.9 Å². The van der Waals surface area contributed by atoms with Crippen LogP contribution < -0.4 is 9.46 Å². The zero-order valence-electron chi connectivity index (χ0n) is 16.9. The summed E-state index contributed by atoms with van der Waals surface area (Å²) >= 11 is 1.57. The number of aryl methyl sites for hydroxylation is 1. The van der Waals surface area contributed by atoms with Gasteiger partial charge in [-0.05, 0) is 54.6 Å². The number of alkyl halides is 3. The molecular formula is C19H21F3N2O5S2. The fourth-order valence-electron chi connectivity index (χ4n) is 2.59. The average Bonchev–Trinajstić information content (AvgIpc) is 2.67. The van der Waals surface area contributed by atoms with Gasteiger partial charge in [0.25, 0.3) is 0 Å². The smallest absolute Gasteiger partial charge is 0.465 e. The summed E-state index contributed by atoms with van der Waals surface area (Å²) in [6.45, 7) is 1.17. The van der Waals surface area contributed by atoms with Crippen LogP contribution >= 0.6 is 11.8 Å². The molecule has 31 heavy (non-hydrogen) atoms. The first-order valence-electron chi connectivity index (χ1n) is 8.78. The molecule has 2 N–H and O–H groups in total. The Labute approximate surface area is 182 Å². The topological polar surface area (TPSA) is 95.9 Å². The van der Waals surface area contributed by atoms with Crippen molar-refractivity contribution >= 4 is 27.9 Å². The second-order valence-corrected chi connectivity index (χ2v) is 9.19. The van der Waals surface area contributed by atoms with E-state index in [9.17, 15) is 26.4 Å². The number of hydrogen-bond donors (Lipinski definition) is 2. The summed E-state index contributed by atoms with van der Waals surface area (Å²) in [4.78, 5) is 13.2. The number of nitrogens with zero attached hydrogens (tertiary/aromatic N) is 1. The lowest BCUT2D eigenvalue weighted by Crippen LogP contribution is -2.36. The van der Waals surface area contributed by atoms with E-state index in [2.05, 4.69) is 0 Å². The Hall–Kier alpha value is -2.44. The van der Waals surface area contributed by atoms with Crippen molar-refractivity contribution in [3.63, 3.8) is 0 Å². The van der Waals surface area contributed by atoms with E-state index in [1.54, 1.807) is 17.8 Å². The Bertz CT molecular complexity index is 1060. The number of rotatable bonds is 8. The van der Waals surface area contributed by atoms with Gasteiger partial charge in [0.05, 0.1) is 6.54 Å². The maximum Gasteiger partial charge on any atom is 0.511 e. The van der Waals surface area contributed by atoms with Gasteiger partial charge in [-0.2, -0.15) is 13.2 Å². The van der Waals surface area contributed by atoms with E-state index >= 15 is 0 Å². The van der Waals surface area contributed by atoms with Crippen LogP contribution in [0.3, 0.4) is 0 Å². The van der Waals surface area contributed by atoms with E-state index < -0.39 is 28.2 Å². The number of amides is 1. The molecule has 0 aliphatic rings. The van der Waals surface area contributed by atoms with Crippen molar-refractivity contribution in [2.45, 2.75) is 30.4 Å². The normalized spacial score (nSPS) is 11.9. The number of halogens is 3. The van der Waals surface area contributed by atoms with Crippen molar-refractivity contribution in [3.8, 4) is 11.5 Å². The number of ether oxygens (including phenoxy) is 1. The minimum absolute atomic E-state index is 0.119. The standard InChI is InChI=1S/C19H21F3N2O5S2/c1-12-8-15(5-7-17(12)30-3)29-16-6-4-13(9-14(16)11-24(2)18(25)26)10-23-31(27,28)19(20,21)22/h4-9,23H,10-11H2,1-3H3,(H,25,26). The Kier molecular flexibility index (Phi) is 7.84. The monoisotopic (exact) mass is 478 g/mol. The van der Waals surface area contributed by atoms with Crippen LogP contribution in [0.25, 0.3) is 0 Å². The molecule has 12 heteroatoms. The van der Waals surface area contributed by atoms with E-state index in [0.717, 1.165) is 15.4 Å². The second-order valence-electron chi connectivity index (χ2n) is 6.58. The summed E-state index contributed by atoms with van der Waals surface area (Å²) in [5.74, 6) is 0.798. The van der Waals surface area contributed by atoms with E-state index in [-0.39, 0.29) is 12.1 Å². The Balaban J connectivity index is 2.32. The van der Waals surface area contributed by atoms with Crippen molar-refractivity contribution in [3.05, 3.63) is 53.1 Å². The minimum Gasteiger partial charge on any atom is -0.465 e. The van der Waals surface area contributed by atoms with Gasteiger partial charge >= 0.3 is 21.6 Å². The fourth-order valence-corrected chi connectivity index (χ4v) is 3.70. The molecule has 1 amide bonds. The van der Waals surface area contributed by atoms with Crippen LogP contribution in [0.4, 0.5) is 18.0 Å². The first-order chi connectivity index (χ1) is 14.3. The fraction of sp³-hybridized carbons (Fsp3) is 0.316.